The lowest BCUT2D eigenvalue weighted by Crippen LogP contribution is -2.56. The fourth-order valence-corrected chi connectivity index (χ4v) is 5.18. The average molecular weight is 319 g/mol. The number of nitrogens with zero attached hydrogens (tertiary/aromatic N) is 2. The quantitative estimate of drug-likeness (QED) is 0.776. The highest BCUT2D eigenvalue weighted by atomic mass is 32.2. The summed E-state index contributed by atoms with van der Waals surface area (Å²) in [6, 6.07) is -0.115. The van der Waals surface area contributed by atoms with E-state index in [9.17, 15) is 13.2 Å². The SMILES string of the molecule is CC1CN(S(=O)(=O)N(CC(N)=O)C2CCCC2)CC(C)O1. The van der Waals surface area contributed by atoms with E-state index in [1.807, 2.05) is 13.8 Å². The van der Waals surface area contributed by atoms with E-state index in [4.69, 9.17) is 10.5 Å². The third-order valence-electron chi connectivity index (χ3n) is 4.05. The number of morpholine rings is 1. The van der Waals surface area contributed by atoms with Crippen molar-refractivity contribution < 1.29 is 17.9 Å². The van der Waals surface area contributed by atoms with Gasteiger partial charge in [-0.25, -0.2) is 0 Å². The first-order valence-electron chi connectivity index (χ1n) is 7.51. The maximum Gasteiger partial charge on any atom is 0.282 e. The molecule has 1 amide bonds. The van der Waals surface area contributed by atoms with Crippen molar-refractivity contribution in [1.82, 2.24) is 8.61 Å². The zero-order valence-electron chi connectivity index (χ0n) is 12.7. The van der Waals surface area contributed by atoms with Crippen LogP contribution in [0.4, 0.5) is 0 Å². The summed E-state index contributed by atoms with van der Waals surface area (Å²) in [5.74, 6) is -0.611. The largest absolute Gasteiger partial charge is 0.373 e. The van der Waals surface area contributed by atoms with Crippen LogP contribution in [0.2, 0.25) is 0 Å². The van der Waals surface area contributed by atoms with Crippen LogP contribution < -0.4 is 5.73 Å². The maximum atomic E-state index is 12.9. The molecule has 7 nitrogen and oxygen atoms in total. The molecule has 2 rings (SSSR count). The Hall–Kier alpha value is -0.700. The van der Waals surface area contributed by atoms with Gasteiger partial charge in [-0.1, -0.05) is 12.8 Å². The molecule has 2 atom stereocenters. The van der Waals surface area contributed by atoms with Crippen molar-refractivity contribution in [2.75, 3.05) is 19.6 Å². The molecule has 0 aromatic carbocycles. The van der Waals surface area contributed by atoms with Crippen molar-refractivity contribution in [3.63, 3.8) is 0 Å². The summed E-state index contributed by atoms with van der Waals surface area (Å²) in [7, 11) is -3.68. The van der Waals surface area contributed by atoms with Gasteiger partial charge in [0.1, 0.15) is 0 Å². The minimum atomic E-state index is -3.68. The molecule has 21 heavy (non-hydrogen) atoms. The second-order valence-electron chi connectivity index (χ2n) is 6.03. The molecule has 2 N–H and O–H groups in total. The number of nitrogens with two attached hydrogens (primary N) is 1. The van der Waals surface area contributed by atoms with E-state index in [-0.39, 0.29) is 24.8 Å². The smallest absolute Gasteiger partial charge is 0.282 e. The van der Waals surface area contributed by atoms with Crippen molar-refractivity contribution in [3.8, 4) is 0 Å². The molecule has 1 saturated heterocycles. The monoisotopic (exact) mass is 319 g/mol. The Kier molecular flexibility index (Phi) is 5.24. The molecular formula is C13H25N3O4S. The summed E-state index contributed by atoms with van der Waals surface area (Å²) in [4.78, 5) is 11.3. The van der Waals surface area contributed by atoms with E-state index in [1.165, 1.54) is 8.61 Å². The first kappa shape index (κ1) is 16.7. The van der Waals surface area contributed by atoms with Crippen LogP contribution in [-0.4, -0.2) is 60.8 Å². The van der Waals surface area contributed by atoms with Gasteiger partial charge in [-0.3, -0.25) is 4.79 Å². The normalized spacial score (nSPS) is 29.1. The second-order valence-corrected chi connectivity index (χ2v) is 7.91. The van der Waals surface area contributed by atoms with Crippen molar-refractivity contribution in [3.05, 3.63) is 0 Å². The second kappa shape index (κ2) is 6.60. The van der Waals surface area contributed by atoms with E-state index in [1.54, 1.807) is 0 Å². The van der Waals surface area contributed by atoms with Gasteiger partial charge in [0.25, 0.3) is 10.2 Å². The lowest BCUT2D eigenvalue weighted by atomic mass is 10.2. The van der Waals surface area contributed by atoms with Crippen LogP contribution in [0.15, 0.2) is 0 Å². The third-order valence-corrected chi connectivity index (χ3v) is 6.02. The van der Waals surface area contributed by atoms with Crippen LogP contribution in [0, 0.1) is 0 Å². The number of ether oxygens (including phenoxy) is 1. The fourth-order valence-electron chi connectivity index (χ4n) is 3.21. The number of hydrogen-bond acceptors (Lipinski definition) is 4. The molecule has 0 spiro atoms. The summed E-state index contributed by atoms with van der Waals surface area (Å²) in [6.07, 6.45) is 3.27. The van der Waals surface area contributed by atoms with Crippen LogP contribution in [0.1, 0.15) is 39.5 Å². The number of hydrogen-bond donors (Lipinski definition) is 1. The van der Waals surface area contributed by atoms with Gasteiger partial charge in [-0.05, 0) is 26.7 Å². The van der Waals surface area contributed by atoms with Crippen molar-refractivity contribution in [2.45, 2.75) is 57.8 Å². The molecule has 0 aromatic heterocycles. The number of rotatable bonds is 5. The van der Waals surface area contributed by atoms with Gasteiger partial charge in [0.15, 0.2) is 0 Å². The molecule has 1 heterocycles. The Balaban J connectivity index is 2.21. The average Bonchev–Trinajstić information content (AvgIpc) is 2.87. The van der Waals surface area contributed by atoms with Gasteiger partial charge in [0.2, 0.25) is 5.91 Å². The first-order chi connectivity index (χ1) is 9.80. The Bertz CT molecular complexity index is 466. The van der Waals surface area contributed by atoms with E-state index in [0.29, 0.717) is 13.1 Å². The predicted octanol–water partition coefficient (Wildman–Crippen LogP) is 0.0703. The summed E-state index contributed by atoms with van der Waals surface area (Å²) in [6.45, 7) is 4.09. The van der Waals surface area contributed by atoms with Gasteiger partial charge in [-0.2, -0.15) is 17.0 Å². The minimum absolute atomic E-state index is 0.115. The lowest BCUT2D eigenvalue weighted by molar-refractivity contribution is -0.118. The Morgan fingerprint density at radius 3 is 2.24 bits per heavy atom. The van der Waals surface area contributed by atoms with E-state index >= 15 is 0 Å². The maximum absolute atomic E-state index is 12.9. The van der Waals surface area contributed by atoms with Crippen LogP contribution in [0.5, 0.6) is 0 Å². The first-order valence-corrected chi connectivity index (χ1v) is 8.91. The number of carbonyl (C=O) groups excluding carboxylic acids is 1. The zero-order chi connectivity index (χ0) is 15.6. The molecule has 2 fully saturated rings. The number of primary amides is 1. The molecule has 0 bridgehead atoms. The van der Waals surface area contributed by atoms with Gasteiger partial charge in [-0.15, -0.1) is 0 Å². The summed E-state index contributed by atoms with van der Waals surface area (Å²) in [5, 5.41) is 0. The van der Waals surface area contributed by atoms with Crippen LogP contribution >= 0.6 is 0 Å². The van der Waals surface area contributed by atoms with Crippen molar-refractivity contribution in [1.29, 1.82) is 0 Å². The molecule has 1 aliphatic heterocycles. The van der Waals surface area contributed by atoms with Gasteiger partial charge in [0.05, 0.1) is 18.8 Å². The standard InChI is InChI=1S/C13H25N3O4S/c1-10-7-15(8-11(2)20-10)21(18,19)16(9-13(14)17)12-5-3-4-6-12/h10-12H,3-9H2,1-2H3,(H2,14,17). The molecule has 8 heteroatoms. The highest BCUT2D eigenvalue weighted by Crippen LogP contribution is 2.28. The van der Waals surface area contributed by atoms with Gasteiger partial charge in [0, 0.05) is 19.1 Å². The summed E-state index contributed by atoms with van der Waals surface area (Å²) < 4.78 is 34.1. The van der Waals surface area contributed by atoms with E-state index in [2.05, 4.69) is 0 Å². The van der Waals surface area contributed by atoms with E-state index in [0.717, 1.165) is 25.7 Å². The number of carbonyl (C=O) groups is 1. The van der Waals surface area contributed by atoms with Gasteiger partial charge >= 0.3 is 0 Å². The van der Waals surface area contributed by atoms with Crippen molar-refractivity contribution >= 4 is 16.1 Å². The highest BCUT2D eigenvalue weighted by Gasteiger charge is 2.39. The minimum Gasteiger partial charge on any atom is -0.373 e. The third kappa shape index (κ3) is 3.94. The Labute approximate surface area is 126 Å². The van der Waals surface area contributed by atoms with Crippen molar-refractivity contribution in [2.24, 2.45) is 5.73 Å². The summed E-state index contributed by atoms with van der Waals surface area (Å²) in [5.41, 5.74) is 5.25. The molecule has 0 radical (unpaired) electrons. The van der Waals surface area contributed by atoms with Crippen LogP contribution in [-0.2, 0) is 19.7 Å². The molecule has 122 valence electrons. The van der Waals surface area contributed by atoms with Crippen LogP contribution in [0.25, 0.3) is 0 Å². The Morgan fingerprint density at radius 2 is 1.76 bits per heavy atom. The van der Waals surface area contributed by atoms with Gasteiger partial charge < -0.3 is 10.5 Å². The topological polar surface area (TPSA) is 92.9 Å². The number of amides is 1. The van der Waals surface area contributed by atoms with E-state index < -0.39 is 16.1 Å². The Morgan fingerprint density at radius 1 is 1.24 bits per heavy atom. The van der Waals surface area contributed by atoms with Crippen LogP contribution in [0.3, 0.4) is 0 Å². The molecule has 0 aromatic rings. The summed E-state index contributed by atoms with van der Waals surface area (Å²) >= 11 is 0. The molecular weight excluding hydrogens is 294 g/mol. The highest BCUT2D eigenvalue weighted by molar-refractivity contribution is 7.86. The predicted molar refractivity (Wildman–Crippen MR) is 78.7 cm³/mol. The molecule has 2 aliphatic rings. The lowest BCUT2D eigenvalue weighted by Gasteiger charge is -2.38. The molecule has 1 saturated carbocycles. The molecule has 1 aliphatic carbocycles. The fraction of sp³-hybridized carbons (Fsp3) is 0.923. The molecule has 2 unspecified atom stereocenters. The zero-order valence-corrected chi connectivity index (χ0v) is 13.5.